The smallest absolute Gasteiger partial charge is 0.0624 e. The number of aryl methyl sites for hydroxylation is 2. The molecule has 0 bridgehead atoms. The molecule has 106 valence electrons. The van der Waals surface area contributed by atoms with Crippen LogP contribution in [0.25, 0.3) is 0 Å². The Balaban J connectivity index is 1.88. The molecule has 3 nitrogen and oxygen atoms in total. The molecule has 0 aliphatic carbocycles. The maximum Gasteiger partial charge on any atom is 0.0624 e. The van der Waals surface area contributed by atoms with Crippen molar-refractivity contribution in [3.05, 3.63) is 47.3 Å². The Morgan fingerprint density at radius 1 is 1.35 bits per heavy atom. The fourth-order valence-electron chi connectivity index (χ4n) is 3.24. The van der Waals surface area contributed by atoms with Crippen LogP contribution in [0.2, 0.25) is 0 Å². The average Bonchev–Trinajstić information content (AvgIpc) is 2.79. The molecule has 2 atom stereocenters. The monoisotopic (exact) mass is 269 g/mol. The molecule has 1 aliphatic rings. The predicted octanol–water partition coefficient (Wildman–Crippen LogP) is 3.51. The van der Waals surface area contributed by atoms with Crippen molar-refractivity contribution in [3.63, 3.8) is 0 Å². The number of aromatic nitrogens is 2. The lowest BCUT2D eigenvalue weighted by Crippen LogP contribution is -2.26. The van der Waals surface area contributed by atoms with Gasteiger partial charge in [0.05, 0.1) is 5.69 Å². The summed E-state index contributed by atoms with van der Waals surface area (Å²) in [4.78, 5) is 0. The Morgan fingerprint density at radius 2 is 2.15 bits per heavy atom. The van der Waals surface area contributed by atoms with Crippen LogP contribution in [-0.2, 0) is 19.9 Å². The topological polar surface area (TPSA) is 29.9 Å². The molecular weight excluding hydrogens is 246 g/mol. The third-order valence-electron chi connectivity index (χ3n) is 4.29. The molecule has 3 rings (SSSR count). The summed E-state index contributed by atoms with van der Waals surface area (Å²) < 4.78 is 2.05. The van der Waals surface area contributed by atoms with Crippen LogP contribution in [0.15, 0.2) is 30.3 Å². The van der Waals surface area contributed by atoms with Crippen LogP contribution in [-0.4, -0.2) is 15.8 Å². The van der Waals surface area contributed by atoms with Crippen molar-refractivity contribution in [2.45, 2.75) is 45.1 Å². The highest BCUT2D eigenvalue weighted by Crippen LogP contribution is 2.36. The molecule has 0 saturated carbocycles. The number of fused-ring (bicyclic) bond motifs is 1. The van der Waals surface area contributed by atoms with E-state index in [4.69, 9.17) is 0 Å². The third-order valence-corrected chi connectivity index (χ3v) is 4.29. The Labute approximate surface area is 121 Å². The van der Waals surface area contributed by atoms with Gasteiger partial charge in [0.1, 0.15) is 0 Å². The Morgan fingerprint density at radius 3 is 2.90 bits per heavy atom. The molecule has 0 spiro atoms. The predicted molar refractivity (Wildman–Crippen MR) is 83.2 cm³/mol. The minimum Gasteiger partial charge on any atom is -0.382 e. The largest absolute Gasteiger partial charge is 0.382 e. The highest BCUT2D eigenvalue weighted by molar-refractivity contribution is 5.55. The van der Waals surface area contributed by atoms with E-state index in [9.17, 15) is 0 Å². The number of rotatable bonds is 3. The lowest BCUT2D eigenvalue weighted by atomic mass is 9.84. The van der Waals surface area contributed by atoms with Crippen LogP contribution < -0.4 is 5.32 Å². The highest BCUT2D eigenvalue weighted by atomic mass is 15.3. The van der Waals surface area contributed by atoms with E-state index in [1.165, 1.54) is 29.1 Å². The summed E-state index contributed by atoms with van der Waals surface area (Å²) in [7, 11) is 2.06. The van der Waals surface area contributed by atoms with E-state index in [-0.39, 0.29) is 0 Å². The van der Waals surface area contributed by atoms with Gasteiger partial charge in [-0.3, -0.25) is 4.68 Å². The molecular formula is C17H23N3. The van der Waals surface area contributed by atoms with Crippen molar-refractivity contribution in [2.75, 3.05) is 5.32 Å². The normalized spacial score (nSPS) is 21.4. The van der Waals surface area contributed by atoms with Gasteiger partial charge in [0.15, 0.2) is 0 Å². The first-order valence-electron chi connectivity index (χ1n) is 7.54. The molecule has 2 heterocycles. The van der Waals surface area contributed by atoms with Crippen molar-refractivity contribution in [1.82, 2.24) is 9.78 Å². The van der Waals surface area contributed by atoms with Gasteiger partial charge in [-0.1, -0.05) is 25.1 Å². The summed E-state index contributed by atoms with van der Waals surface area (Å²) in [5.74, 6) is 0.586. The van der Waals surface area contributed by atoms with Crippen LogP contribution in [0.5, 0.6) is 0 Å². The molecule has 1 N–H and O–H groups in total. The van der Waals surface area contributed by atoms with E-state index < -0.39 is 0 Å². The van der Waals surface area contributed by atoms with Gasteiger partial charge in [0, 0.05) is 24.5 Å². The maximum absolute atomic E-state index is 4.57. The highest BCUT2D eigenvalue weighted by Gasteiger charge is 2.24. The van der Waals surface area contributed by atoms with Crippen molar-refractivity contribution >= 4 is 5.69 Å². The van der Waals surface area contributed by atoms with Gasteiger partial charge in [-0.2, -0.15) is 5.10 Å². The van der Waals surface area contributed by atoms with Gasteiger partial charge in [-0.25, -0.2) is 0 Å². The zero-order chi connectivity index (χ0) is 14.1. The quantitative estimate of drug-likeness (QED) is 0.924. The van der Waals surface area contributed by atoms with Crippen LogP contribution in [0.4, 0.5) is 5.69 Å². The standard InChI is InChI=1S/C17H23N3/c1-4-14-11-15(20(3)19-14)10-13-9-12(2)18-17-8-6-5-7-16(13)17/h5-8,11-13,18H,4,9-10H2,1-3H3. The van der Waals surface area contributed by atoms with E-state index in [0.29, 0.717) is 12.0 Å². The molecule has 0 radical (unpaired) electrons. The number of benzene rings is 1. The second-order valence-corrected chi connectivity index (χ2v) is 5.87. The third kappa shape index (κ3) is 2.45. The van der Waals surface area contributed by atoms with Crippen LogP contribution in [0.1, 0.15) is 43.1 Å². The van der Waals surface area contributed by atoms with Crippen molar-refractivity contribution in [2.24, 2.45) is 7.05 Å². The summed E-state index contributed by atoms with van der Waals surface area (Å²) in [5.41, 5.74) is 5.28. The summed E-state index contributed by atoms with van der Waals surface area (Å²) in [6.45, 7) is 4.43. The van der Waals surface area contributed by atoms with E-state index in [1.54, 1.807) is 0 Å². The number of nitrogens with one attached hydrogen (secondary N) is 1. The summed E-state index contributed by atoms with van der Waals surface area (Å²) >= 11 is 0. The van der Waals surface area contributed by atoms with Crippen molar-refractivity contribution in [1.29, 1.82) is 0 Å². The minimum atomic E-state index is 0.536. The van der Waals surface area contributed by atoms with Gasteiger partial charge in [0.25, 0.3) is 0 Å². The SMILES string of the molecule is CCc1cc(CC2CC(C)Nc3ccccc32)n(C)n1. The van der Waals surface area contributed by atoms with E-state index in [0.717, 1.165) is 12.8 Å². The lowest BCUT2D eigenvalue weighted by Gasteiger charge is -2.31. The summed E-state index contributed by atoms with van der Waals surface area (Å²) in [5, 5.41) is 8.15. The number of hydrogen-bond acceptors (Lipinski definition) is 2. The Bertz CT molecular complexity index is 600. The fourth-order valence-corrected chi connectivity index (χ4v) is 3.24. The molecule has 0 saturated heterocycles. The maximum atomic E-state index is 4.57. The minimum absolute atomic E-state index is 0.536. The van der Waals surface area contributed by atoms with Crippen LogP contribution in [0, 0.1) is 0 Å². The van der Waals surface area contributed by atoms with Crippen molar-refractivity contribution < 1.29 is 0 Å². The first kappa shape index (κ1) is 13.2. The van der Waals surface area contributed by atoms with E-state index >= 15 is 0 Å². The number of para-hydroxylation sites is 1. The summed E-state index contributed by atoms with van der Waals surface area (Å²) in [6.07, 6.45) is 3.27. The number of anilines is 1. The second kappa shape index (κ2) is 5.31. The number of hydrogen-bond donors (Lipinski definition) is 1. The molecule has 20 heavy (non-hydrogen) atoms. The first-order chi connectivity index (χ1) is 9.67. The number of nitrogens with zero attached hydrogens (tertiary/aromatic N) is 2. The fraction of sp³-hybridized carbons (Fsp3) is 0.471. The zero-order valence-electron chi connectivity index (χ0n) is 12.6. The zero-order valence-corrected chi connectivity index (χ0v) is 12.6. The van der Waals surface area contributed by atoms with Gasteiger partial charge >= 0.3 is 0 Å². The van der Waals surface area contributed by atoms with Crippen molar-refractivity contribution in [3.8, 4) is 0 Å². The Kier molecular flexibility index (Phi) is 3.51. The molecule has 2 unspecified atom stereocenters. The molecule has 0 amide bonds. The summed E-state index contributed by atoms with van der Waals surface area (Å²) in [6, 6.07) is 11.5. The molecule has 0 fully saturated rings. The van der Waals surface area contributed by atoms with E-state index in [1.807, 2.05) is 4.68 Å². The average molecular weight is 269 g/mol. The second-order valence-electron chi connectivity index (χ2n) is 5.87. The van der Waals surface area contributed by atoms with Gasteiger partial charge in [-0.15, -0.1) is 0 Å². The Hall–Kier alpha value is -1.77. The molecule has 1 aromatic carbocycles. The molecule has 3 heteroatoms. The first-order valence-corrected chi connectivity index (χ1v) is 7.54. The van der Waals surface area contributed by atoms with Gasteiger partial charge in [-0.05, 0) is 49.8 Å². The van der Waals surface area contributed by atoms with E-state index in [2.05, 4.69) is 61.6 Å². The van der Waals surface area contributed by atoms with Gasteiger partial charge in [0.2, 0.25) is 0 Å². The molecule has 2 aromatic rings. The van der Waals surface area contributed by atoms with Crippen LogP contribution in [0.3, 0.4) is 0 Å². The molecule has 1 aromatic heterocycles. The van der Waals surface area contributed by atoms with Gasteiger partial charge < -0.3 is 5.32 Å². The lowest BCUT2D eigenvalue weighted by molar-refractivity contribution is 0.533. The molecule has 1 aliphatic heterocycles. The van der Waals surface area contributed by atoms with Crippen LogP contribution >= 0.6 is 0 Å².